The lowest BCUT2D eigenvalue weighted by Crippen LogP contribution is -2.41. The summed E-state index contributed by atoms with van der Waals surface area (Å²) in [6, 6.07) is 10.7. The Balaban J connectivity index is 1.93. The van der Waals surface area contributed by atoms with Crippen LogP contribution in [-0.4, -0.2) is 60.3 Å². The molecule has 0 saturated carbocycles. The third kappa shape index (κ3) is 6.45. The largest absolute Gasteiger partial charge is 0.494 e. The molecule has 3 heterocycles. The topological polar surface area (TPSA) is 139 Å². The minimum Gasteiger partial charge on any atom is -0.494 e. The van der Waals surface area contributed by atoms with Crippen LogP contribution in [0, 0.1) is 6.92 Å². The molecule has 218 valence electrons. The molecule has 0 radical (unpaired) electrons. The lowest BCUT2D eigenvalue weighted by atomic mass is 10.2. The molecule has 0 N–H and O–H groups in total. The van der Waals surface area contributed by atoms with E-state index < -0.39 is 33.9 Å². The number of benzene rings is 1. The Labute approximate surface area is 239 Å². The molecule has 0 fully saturated rings. The first-order valence-electron chi connectivity index (χ1n) is 11.5. The number of nitrogens with zero attached hydrogens (tertiary/aromatic N) is 5. The van der Waals surface area contributed by atoms with Gasteiger partial charge in [-0.2, -0.15) is 13.2 Å². The van der Waals surface area contributed by atoms with Gasteiger partial charge in [-0.1, -0.05) is 10.5 Å². The number of para-hydroxylation sites is 1. The summed E-state index contributed by atoms with van der Waals surface area (Å²) in [6.07, 6.45) is -4.37. The van der Waals surface area contributed by atoms with Gasteiger partial charge < -0.3 is 18.7 Å². The first kappa shape index (κ1) is 29.9. The molecule has 17 heteroatoms. The number of aryl methyl sites for hydroxylation is 2. The maximum absolute atomic E-state index is 13.6. The fourth-order valence-electron chi connectivity index (χ4n) is 3.59. The SMILES string of the molecule is COc1cccc(OC)c1-n1c(-c2ccc(C)o2)nnc1N(OC(=O)C(F)(F)F)S(=O)(=O)CCc1ccc(Br)cn1. The molecule has 0 unspecified atom stereocenters. The van der Waals surface area contributed by atoms with E-state index in [0.717, 1.165) is 4.57 Å². The fraction of sp³-hybridized carbons (Fsp3) is 0.250. The van der Waals surface area contributed by atoms with Crippen LogP contribution in [0.5, 0.6) is 11.5 Å². The van der Waals surface area contributed by atoms with Crippen molar-refractivity contribution in [2.24, 2.45) is 0 Å². The van der Waals surface area contributed by atoms with Gasteiger partial charge in [-0.3, -0.25) is 4.98 Å². The zero-order valence-electron chi connectivity index (χ0n) is 21.5. The van der Waals surface area contributed by atoms with Crippen molar-refractivity contribution in [1.29, 1.82) is 0 Å². The number of carbonyl (C=O) groups excluding carboxylic acids is 1. The van der Waals surface area contributed by atoms with Crippen LogP contribution in [0.1, 0.15) is 11.5 Å². The fourth-order valence-corrected chi connectivity index (χ4v) is 5.00. The zero-order chi connectivity index (χ0) is 29.9. The quantitative estimate of drug-likeness (QED) is 0.225. The second-order valence-electron chi connectivity index (χ2n) is 8.22. The molecule has 0 bridgehead atoms. The Morgan fingerprint density at radius 2 is 1.76 bits per heavy atom. The van der Waals surface area contributed by atoms with E-state index >= 15 is 0 Å². The summed E-state index contributed by atoms with van der Waals surface area (Å²) >= 11 is 3.21. The van der Waals surface area contributed by atoms with E-state index in [1.54, 1.807) is 25.1 Å². The number of anilines is 1. The van der Waals surface area contributed by atoms with Gasteiger partial charge in [0.2, 0.25) is 5.82 Å². The van der Waals surface area contributed by atoms with E-state index in [4.69, 9.17) is 13.9 Å². The highest BCUT2D eigenvalue weighted by molar-refractivity contribution is 9.10. The molecule has 0 aliphatic carbocycles. The van der Waals surface area contributed by atoms with E-state index in [0.29, 0.717) is 15.9 Å². The molecule has 0 spiro atoms. The smallest absolute Gasteiger partial charge is 0.493 e. The van der Waals surface area contributed by atoms with Gasteiger partial charge in [-0.15, -0.1) is 10.2 Å². The minimum atomic E-state index is -5.55. The maximum atomic E-state index is 13.6. The summed E-state index contributed by atoms with van der Waals surface area (Å²) in [5, 5.41) is 7.79. The number of alkyl halides is 3. The van der Waals surface area contributed by atoms with Crippen LogP contribution in [0.15, 0.2) is 57.6 Å². The summed E-state index contributed by atoms with van der Waals surface area (Å²) in [5.74, 6) is -3.93. The monoisotopic (exact) mass is 659 g/mol. The Hall–Kier alpha value is -4.12. The van der Waals surface area contributed by atoms with Gasteiger partial charge >= 0.3 is 12.1 Å². The molecular formula is C24H21BrF3N5O7S. The van der Waals surface area contributed by atoms with Crippen molar-refractivity contribution in [1.82, 2.24) is 19.7 Å². The highest BCUT2D eigenvalue weighted by Crippen LogP contribution is 2.39. The second-order valence-corrected chi connectivity index (χ2v) is 11.0. The zero-order valence-corrected chi connectivity index (χ0v) is 23.9. The number of methoxy groups -OCH3 is 2. The Bertz CT molecular complexity index is 1630. The number of carbonyl (C=O) groups is 1. The summed E-state index contributed by atoms with van der Waals surface area (Å²) in [7, 11) is -2.25. The molecule has 4 rings (SSSR count). The minimum absolute atomic E-state index is 0.0145. The number of pyridine rings is 1. The van der Waals surface area contributed by atoms with E-state index in [9.17, 15) is 26.4 Å². The van der Waals surface area contributed by atoms with Gasteiger partial charge in [0.1, 0.15) is 22.9 Å². The predicted molar refractivity (Wildman–Crippen MR) is 141 cm³/mol. The molecule has 0 atom stereocenters. The van der Waals surface area contributed by atoms with Crippen molar-refractivity contribution in [3.63, 3.8) is 0 Å². The maximum Gasteiger partial charge on any atom is 0.493 e. The highest BCUT2D eigenvalue weighted by Gasteiger charge is 2.46. The van der Waals surface area contributed by atoms with Crippen LogP contribution in [0.4, 0.5) is 19.1 Å². The third-order valence-corrected chi connectivity index (χ3v) is 7.38. The highest BCUT2D eigenvalue weighted by atomic mass is 79.9. The number of rotatable bonds is 10. The van der Waals surface area contributed by atoms with Crippen LogP contribution in [-0.2, 0) is 26.1 Å². The average molecular weight is 660 g/mol. The molecule has 0 aliphatic heterocycles. The average Bonchev–Trinajstić information content (AvgIpc) is 3.56. The van der Waals surface area contributed by atoms with E-state index in [2.05, 4.69) is 35.9 Å². The summed E-state index contributed by atoms with van der Waals surface area (Å²) < 4.78 is 85.0. The van der Waals surface area contributed by atoms with Crippen LogP contribution in [0.3, 0.4) is 0 Å². The van der Waals surface area contributed by atoms with Crippen LogP contribution in [0.2, 0.25) is 0 Å². The molecule has 0 aliphatic rings. The molecule has 1 aromatic carbocycles. The first-order valence-corrected chi connectivity index (χ1v) is 13.9. The van der Waals surface area contributed by atoms with Gasteiger partial charge in [0, 0.05) is 22.8 Å². The van der Waals surface area contributed by atoms with Crippen molar-refractivity contribution < 1.29 is 45.1 Å². The molecule has 4 aromatic rings. The van der Waals surface area contributed by atoms with Gasteiger partial charge in [0.15, 0.2) is 5.76 Å². The molecule has 12 nitrogen and oxygen atoms in total. The number of hydrogen-bond donors (Lipinski definition) is 0. The standard InChI is InChI=1S/C24H21BrF3N5O7S/c1-14-7-10-19(39-14)21-30-31-23(32(21)20-17(37-2)5-4-6-18(20)38-3)33(40-22(34)24(26,27)28)41(35,36)12-11-16-9-8-15(25)13-29-16/h4-10,13H,11-12H2,1-3H3. The number of halogens is 4. The van der Waals surface area contributed by atoms with Gasteiger partial charge in [-0.25, -0.2) is 17.8 Å². The van der Waals surface area contributed by atoms with Crippen LogP contribution >= 0.6 is 15.9 Å². The van der Waals surface area contributed by atoms with Crippen LogP contribution < -0.4 is 13.9 Å². The van der Waals surface area contributed by atoms with E-state index in [1.165, 1.54) is 44.7 Å². The number of aromatic nitrogens is 4. The van der Waals surface area contributed by atoms with Crippen molar-refractivity contribution in [3.8, 4) is 28.8 Å². The molecular weight excluding hydrogens is 639 g/mol. The van der Waals surface area contributed by atoms with Gasteiger partial charge in [0.25, 0.3) is 16.0 Å². The molecule has 0 saturated heterocycles. The van der Waals surface area contributed by atoms with Gasteiger partial charge in [-0.05, 0) is 59.3 Å². The Morgan fingerprint density at radius 1 is 1.07 bits per heavy atom. The van der Waals surface area contributed by atoms with Crippen LogP contribution in [0.25, 0.3) is 17.3 Å². The van der Waals surface area contributed by atoms with Crippen molar-refractivity contribution >= 4 is 37.9 Å². The second kappa shape index (κ2) is 11.8. The number of furan rings is 1. The summed E-state index contributed by atoms with van der Waals surface area (Å²) in [5.41, 5.74) is 0.290. The van der Waals surface area contributed by atoms with Crippen molar-refractivity contribution in [3.05, 3.63) is 64.6 Å². The Morgan fingerprint density at radius 3 is 2.29 bits per heavy atom. The van der Waals surface area contributed by atoms with Crippen molar-refractivity contribution in [2.45, 2.75) is 19.5 Å². The summed E-state index contributed by atoms with van der Waals surface area (Å²) in [6.45, 7) is 1.63. The molecule has 3 aromatic heterocycles. The number of hydrogen-bond acceptors (Lipinski definition) is 10. The summed E-state index contributed by atoms with van der Waals surface area (Å²) in [4.78, 5) is 20.5. The molecule has 41 heavy (non-hydrogen) atoms. The third-order valence-electron chi connectivity index (χ3n) is 5.45. The lowest BCUT2D eigenvalue weighted by Gasteiger charge is -2.23. The number of ether oxygens (including phenoxy) is 2. The van der Waals surface area contributed by atoms with E-state index in [1.807, 2.05) is 0 Å². The lowest BCUT2D eigenvalue weighted by molar-refractivity contribution is -0.199. The predicted octanol–water partition coefficient (Wildman–Crippen LogP) is 4.41. The van der Waals surface area contributed by atoms with Gasteiger partial charge in [0.05, 0.1) is 20.0 Å². The molecule has 0 amide bonds. The van der Waals surface area contributed by atoms with Crippen molar-refractivity contribution in [2.75, 3.05) is 24.4 Å². The Kier molecular flexibility index (Phi) is 8.58. The first-order chi connectivity index (χ1) is 19.4. The van der Waals surface area contributed by atoms with E-state index in [-0.39, 0.29) is 39.7 Å². The number of sulfonamides is 1. The normalized spacial score (nSPS) is 11.8.